The van der Waals surface area contributed by atoms with Crippen molar-refractivity contribution in [2.45, 2.75) is 45.9 Å². The molecular formula is C26H30N2O4S. The zero-order valence-corrected chi connectivity index (χ0v) is 20.2. The summed E-state index contributed by atoms with van der Waals surface area (Å²) in [4.78, 5) is 12.5. The Kier molecular flexibility index (Phi) is 7.25. The van der Waals surface area contributed by atoms with Crippen LogP contribution in [0.3, 0.4) is 0 Å². The summed E-state index contributed by atoms with van der Waals surface area (Å²) in [5.41, 5.74) is 2.52. The second kappa shape index (κ2) is 9.77. The molecule has 174 valence electrons. The number of aromatic nitrogens is 1. The average molecular weight is 467 g/mol. The van der Waals surface area contributed by atoms with Gasteiger partial charge < -0.3 is 9.30 Å². The van der Waals surface area contributed by atoms with Gasteiger partial charge in [-0.25, -0.2) is 13.1 Å². The van der Waals surface area contributed by atoms with E-state index in [1.165, 1.54) is 0 Å². The van der Waals surface area contributed by atoms with Gasteiger partial charge in [-0.2, -0.15) is 0 Å². The van der Waals surface area contributed by atoms with Crippen molar-refractivity contribution in [3.63, 3.8) is 0 Å². The van der Waals surface area contributed by atoms with Gasteiger partial charge >= 0.3 is 5.97 Å². The number of fused-ring (bicyclic) bond motifs is 1. The second-order valence-electron chi connectivity index (χ2n) is 8.78. The van der Waals surface area contributed by atoms with Crippen LogP contribution in [-0.2, 0) is 26.1 Å². The fourth-order valence-electron chi connectivity index (χ4n) is 3.73. The van der Waals surface area contributed by atoms with Gasteiger partial charge in [0.25, 0.3) is 0 Å². The van der Waals surface area contributed by atoms with Crippen LogP contribution in [0.2, 0.25) is 0 Å². The van der Waals surface area contributed by atoms with E-state index >= 15 is 0 Å². The standard InChI is InChI=1S/C26H30N2O4S/c1-6-22(27-33(30,31)17-16-20-12-8-7-9-13-20)25-19(2)28(18-24(29)32-26(3,4)5)23-15-11-10-14-21(23)25/h6-17,22,27H,1,18H2,2-5H3/b17-16+. The van der Waals surface area contributed by atoms with Gasteiger partial charge in [-0.15, -0.1) is 6.58 Å². The normalized spacial score (nSPS) is 13.3. The Morgan fingerprint density at radius 3 is 2.39 bits per heavy atom. The minimum atomic E-state index is -3.77. The molecule has 1 N–H and O–H groups in total. The number of nitrogens with zero attached hydrogens (tertiary/aromatic N) is 1. The number of hydrogen-bond donors (Lipinski definition) is 1. The molecule has 1 atom stereocenters. The van der Waals surface area contributed by atoms with Gasteiger partial charge in [-0.3, -0.25) is 4.79 Å². The SMILES string of the molecule is C=CC(NS(=O)(=O)/C=C/c1ccccc1)c1c(C)n(CC(=O)OC(C)(C)C)c2ccccc12. The maximum Gasteiger partial charge on any atom is 0.326 e. The largest absolute Gasteiger partial charge is 0.459 e. The molecule has 0 aliphatic heterocycles. The summed E-state index contributed by atoms with van der Waals surface area (Å²) in [5, 5.41) is 1.99. The number of rotatable bonds is 8. The number of carbonyl (C=O) groups excluding carboxylic acids is 1. The molecule has 1 aromatic heterocycles. The number of nitrogens with one attached hydrogen (secondary N) is 1. The molecule has 0 spiro atoms. The van der Waals surface area contributed by atoms with Crippen molar-refractivity contribution < 1.29 is 17.9 Å². The number of benzene rings is 2. The maximum absolute atomic E-state index is 12.8. The van der Waals surface area contributed by atoms with Crippen molar-refractivity contribution in [1.82, 2.24) is 9.29 Å². The van der Waals surface area contributed by atoms with E-state index in [4.69, 9.17) is 4.74 Å². The maximum atomic E-state index is 12.8. The molecule has 7 heteroatoms. The topological polar surface area (TPSA) is 77.4 Å². The van der Waals surface area contributed by atoms with E-state index in [1.807, 2.05) is 86.9 Å². The van der Waals surface area contributed by atoms with Gasteiger partial charge in [0.1, 0.15) is 12.1 Å². The zero-order chi connectivity index (χ0) is 24.2. The predicted octanol–water partition coefficient (Wildman–Crippen LogP) is 5.11. The van der Waals surface area contributed by atoms with Crippen LogP contribution in [0.4, 0.5) is 0 Å². The molecule has 33 heavy (non-hydrogen) atoms. The Bertz CT molecular complexity index is 1280. The van der Waals surface area contributed by atoms with Crippen LogP contribution in [0, 0.1) is 6.92 Å². The van der Waals surface area contributed by atoms with E-state index in [2.05, 4.69) is 11.3 Å². The molecule has 1 unspecified atom stereocenters. The van der Waals surface area contributed by atoms with Gasteiger partial charge in [0.2, 0.25) is 10.0 Å². The van der Waals surface area contributed by atoms with Crippen molar-refractivity contribution in [3.05, 3.63) is 89.5 Å². The highest BCUT2D eigenvalue weighted by Crippen LogP contribution is 2.32. The molecule has 2 aromatic carbocycles. The summed E-state index contributed by atoms with van der Waals surface area (Å²) in [7, 11) is -3.77. The molecule has 0 bridgehead atoms. The zero-order valence-electron chi connectivity index (χ0n) is 19.4. The third kappa shape index (κ3) is 6.21. The Hall–Kier alpha value is -3.16. The quantitative estimate of drug-likeness (QED) is 0.370. The third-order valence-corrected chi connectivity index (χ3v) is 6.14. The second-order valence-corrected chi connectivity index (χ2v) is 10.4. The van der Waals surface area contributed by atoms with Crippen LogP contribution in [0.15, 0.2) is 72.7 Å². The van der Waals surface area contributed by atoms with Gasteiger partial charge in [-0.1, -0.05) is 54.6 Å². The van der Waals surface area contributed by atoms with E-state index in [0.717, 1.165) is 33.1 Å². The van der Waals surface area contributed by atoms with Crippen LogP contribution in [0.1, 0.15) is 43.6 Å². The minimum Gasteiger partial charge on any atom is -0.459 e. The summed E-state index contributed by atoms with van der Waals surface area (Å²) >= 11 is 0. The summed E-state index contributed by atoms with van der Waals surface area (Å²) in [6.07, 6.45) is 3.10. The lowest BCUT2D eigenvalue weighted by Crippen LogP contribution is -2.27. The lowest BCUT2D eigenvalue weighted by molar-refractivity contribution is -0.155. The van der Waals surface area contributed by atoms with E-state index in [0.29, 0.717) is 0 Å². The van der Waals surface area contributed by atoms with Gasteiger partial charge in [0.15, 0.2) is 0 Å². The molecule has 0 saturated carbocycles. The van der Waals surface area contributed by atoms with Crippen molar-refractivity contribution in [2.75, 3.05) is 0 Å². The van der Waals surface area contributed by atoms with E-state index in [-0.39, 0.29) is 12.5 Å². The molecule has 0 fully saturated rings. The minimum absolute atomic E-state index is 0.0220. The van der Waals surface area contributed by atoms with Crippen molar-refractivity contribution in [2.24, 2.45) is 0 Å². The molecular weight excluding hydrogens is 436 g/mol. The Morgan fingerprint density at radius 1 is 1.12 bits per heavy atom. The summed E-state index contributed by atoms with van der Waals surface area (Å²) in [5.74, 6) is -0.362. The molecule has 0 radical (unpaired) electrons. The number of hydrogen-bond acceptors (Lipinski definition) is 4. The van der Waals surface area contributed by atoms with Crippen LogP contribution in [0.5, 0.6) is 0 Å². The molecule has 0 aliphatic rings. The summed E-state index contributed by atoms with van der Waals surface area (Å²) in [6.45, 7) is 11.2. The number of sulfonamides is 1. The van der Waals surface area contributed by atoms with Crippen LogP contribution >= 0.6 is 0 Å². The fourth-order valence-corrected chi connectivity index (χ4v) is 4.71. The van der Waals surface area contributed by atoms with E-state index < -0.39 is 21.7 Å². The molecule has 3 aromatic rings. The molecule has 0 aliphatic carbocycles. The van der Waals surface area contributed by atoms with Crippen molar-refractivity contribution in [1.29, 1.82) is 0 Å². The van der Waals surface area contributed by atoms with Crippen LogP contribution in [-0.4, -0.2) is 24.6 Å². The molecule has 0 saturated heterocycles. The first-order valence-corrected chi connectivity index (χ1v) is 12.2. The van der Waals surface area contributed by atoms with Crippen molar-refractivity contribution in [3.8, 4) is 0 Å². The monoisotopic (exact) mass is 466 g/mol. The number of carbonyl (C=O) groups is 1. The highest BCUT2D eigenvalue weighted by atomic mass is 32.2. The Labute approximate surface area is 195 Å². The molecule has 3 rings (SSSR count). The van der Waals surface area contributed by atoms with Gasteiger partial charge in [0.05, 0.1) is 6.04 Å². The van der Waals surface area contributed by atoms with E-state index in [9.17, 15) is 13.2 Å². The Balaban J connectivity index is 1.96. The number of ether oxygens (including phenoxy) is 1. The first-order valence-electron chi connectivity index (χ1n) is 10.7. The Morgan fingerprint density at radius 2 is 1.76 bits per heavy atom. The van der Waals surface area contributed by atoms with Crippen LogP contribution in [0.25, 0.3) is 17.0 Å². The fraction of sp³-hybridized carbons (Fsp3) is 0.269. The lowest BCUT2D eigenvalue weighted by Gasteiger charge is -2.20. The van der Waals surface area contributed by atoms with Crippen LogP contribution < -0.4 is 4.72 Å². The van der Waals surface area contributed by atoms with Gasteiger partial charge in [0, 0.05) is 27.6 Å². The smallest absolute Gasteiger partial charge is 0.326 e. The predicted molar refractivity (Wildman–Crippen MR) is 133 cm³/mol. The average Bonchev–Trinajstić information content (AvgIpc) is 3.02. The number of para-hydroxylation sites is 1. The molecule has 6 nitrogen and oxygen atoms in total. The van der Waals surface area contributed by atoms with E-state index in [1.54, 1.807) is 12.2 Å². The molecule has 0 amide bonds. The van der Waals surface area contributed by atoms with Crippen molar-refractivity contribution >= 4 is 33.0 Å². The van der Waals surface area contributed by atoms with Gasteiger partial charge in [-0.05, 0) is 45.4 Å². The third-order valence-electron chi connectivity index (χ3n) is 5.06. The lowest BCUT2D eigenvalue weighted by atomic mass is 10.0. The first-order chi connectivity index (χ1) is 15.5. The number of esters is 1. The highest BCUT2D eigenvalue weighted by molar-refractivity contribution is 7.92. The summed E-state index contributed by atoms with van der Waals surface area (Å²) < 4.78 is 35.7. The summed E-state index contributed by atoms with van der Waals surface area (Å²) in [6, 6.07) is 16.1. The highest BCUT2D eigenvalue weighted by Gasteiger charge is 2.25. The first kappa shape index (κ1) is 24.5. The molecule has 1 heterocycles.